The number of halogens is 1. The number of ether oxygens (including phenoxy) is 1. The van der Waals surface area contributed by atoms with Crippen molar-refractivity contribution in [2.75, 3.05) is 25.7 Å². The van der Waals surface area contributed by atoms with Crippen LogP contribution in [-0.4, -0.2) is 40.1 Å². The highest BCUT2D eigenvalue weighted by molar-refractivity contribution is 9.10. The van der Waals surface area contributed by atoms with Crippen molar-refractivity contribution in [3.63, 3.8) is 0 Å². The Hall–Kier alpha value is -0.590. The van der Waals surface area contributed by atoms with Crippen molar-refractivity contribution in [1.29, 1.82) is 0 Å². The quantitative estimate of drug-likeness (QED) is 0.871. The van der Waals surface area contributed by atoms with Crippen LogP contribution in [0.2, 0.25) is 0 Å². The van der Waals surface area contributed by atoms with Crippen molar-refractivity contribution in [3.8, 4) is 5.75 Å². The van der Waals surface area contributed by atoms with Gasteiger partial charge in [-0.25, -0.2) is 8.42 Å². The molecule has 2 unspecified atom stereocenters. The number of hydrogen-bond donors (Lipinski definition) is 1. The first-order chi connectivity index (χ1) is 9.45. The van der Waals surface area contributed by atoms with E-state index in [0.29, 0.717) is 11.5 Å². The van der Waals surface area contributed by atoms with Crippen LogP contribution in [0.25, 0.3) is 0 Å². The maximum atomic E-state index is 11.6. The maximum Gasteiger partial charge on any atom is 0.150 e. The molecule has 0 bridgehead atoms. The first kappa shape index (κ1) is 15.8. The van der Waals surface area contributed by atoms with Gasteiger partial charge in [0.25, 0.3) is 0 Å². The number of benzene rings is 1. The summed E-state index contributed by atoms with van der Waals surface area (Å²) >= 11 is 3.48. The second-order valence-corrected chi connectivity index (χ2v) is 8.31. The first-order valence-corrected chi connectivity index (χ1v) is 9.26. The highest BCUT2D eigenvalue weighted by Gasteiger charge is 2.33. The predicted molar refractivity (Wildman–Crippen MR) is 84.0 cm³/mol. The van der Waals surface area contributed by atoms with Crippen LogP contribution < -0.4 is 10.1 Å². The van der Waals surface area contributed by atoms with E-state index in [1.165, 1.54) is 5.56 Å². The van der Waals surface area contributed by atoms with E-state index in [1.54, 1.807) is 7.11 Å². The fraction of sp³-hybridized carbons (Fsp3) is 0.571. The van der Waals surface area contributed by atoms with Crippen molar-refractivity contribution in [2.24, 2.45) is 5.92 Å². The molecule has 0 amide bonds. The summed E-state index contributed by atoms with van der Waals surface area (Å²) < 4.78 is 29.3. The molecule has 2 rings (SSSR count). The van der Waals surface area contributed by atoms with Gasteiger partial charge in [-0.05, 0) is 59.4 Å². The van der Waals surface area contributed by atoms with Crippen molar-refractivity contribution in [1.82, 2.24) is 5.32 Å². The zero-order valence-electron chi connectivity index (χ0n) is 11.7. The topological polar surface area (TPSA) is 55.4 Å². The van der Waals surface area contributed by atoms with Crippen LogP contribution in [0.3, 0.4) is 0 Å². The molecule has 0 aromatic heterocycles. The second-order valence-electron chi connectivity index (χ2n) is 5.23. The van der Waals surface area contributed by atoms with Gasteiger partial charge in [-0.15, -0.1) is 0 Å². The number of nitrogens with one attached hydrogen (secondary N) is 1. The average Bonchev–Trinajstić information content (AvgIpc) is 2.76. The summed E-state index contributed by atoms with van der Waals surface area (Å²) in [6, 6.07) is 6.18. The summed E-state index contributed by atoms with van der Waals surface area (Å²) in [5.74, 6) is 1.63. The predicted octanol–water partition coefficient (Wildman–Crippen LogP) is 2.02. The van der Waals surface area contributed by atoms with Crippen molar-refractivity contribution < 1.29 is 13.2 Å². The van der Waals surface area contributed by atoms with Gasteiger partial charge < -0.3 is 10.1 Å². The lowest BCUT2D eigenvalue weighted by Gasteiger charge is -2.22. The summed E-state index contributed by atoms with van der Waals surface area (Å²) in [5.41, 5.74) is 1.17. The van der Waals surface area contributed by atoms with E-state index < -0.39 is 9.84 Å². The molecular weight excluding hydrogens is 342 g/mol. The lowest BCUT2D eigenvalue weighted by atomic mass is 9.93. The molecule has 1 N–H and O–H groups in total. The van der Waals surface area contributed by atoms with E-state index in [4.69, 9.17) is 4.74 Å². The molecule has 0 radical (unpaired) electrons. The molecule has 112 valence electrons. The van der Waals surface area contributed by atoms with Gasteiger partial charge in [0.05, 0.1) is 23.1 Å². The minimum Gasteiger partial charge on any atom is -0.496 e. The number of rotatable bonds is 5. The molecular formula is C14H20BrNO3S. The Kier molecular flexibility index (Phi) is 5.09. The largest absolute Gasteiger partial charge is 0.496 e. The third-order valence-electron chi connectivity index (χ3n) is 3.88. The molecule has 4 nitrogen and oxygen atoms in total. The summed E-state index contributed by atoms with van der Waals surface area (Å²) in [6.45, 7) is 0. The molecule has 1 aliphatic heterocycles. The van der Waals surface area contributed by atoms with Crippen LogP contribution in [0.4, 0.5) is 0 Å². The van der Waals surface area contributed by atoms with Crippen molar-refractivity contribution >= 4 is 25.8 Å². The van der Waals surface area contributed by atoms with E-state index in [-0.39, 0.29) is 12.0 Å². The minimum absolute atomic E-state index is 0.188. The molecule has 6 heteroatoms. The fourth-order valence-corrected chi connectivity index (χ4v) is 5.20. The van der Waals surface area contributed by atoms with Gasteiger partial charge in [0.2, 0.25) is 0 Å². The Labute approximate surface area is 129 Å². The van der Waals surface area contributed by atoms with E-state index in [0.717, 1.165) is 23.1 Å². The molecule has 1 heterocycles. The third-order valence-corrected chi connectivity index (χ3v) is 6.29. The van der Waals surface area contributed by atoms with Gasteiger partial charge in [-0.2, -0.15) is 0 Å². The lowest BCUT2D eigenvalue weighted by molar-refractivity contribution is 0.401. The van der Waals surface area contributed by atoms with Crippen LogP contribution in [-0.2, 0) is 16.3 Å². The van der Waals surface area contributed by atoms with Crippen molar-refractivity contribution in [2.45, 2.75) is 18.9 Å². The third kappa shape index (κ3) is 3.74. The summed E-state index contributed by atoms with van der Waals surface area (Å²) in [7, 11) is 0.704. The van der Waals surface area contributed by atoms with E-state index in [2.05, 4.69) is 21.2 Å². The van der Waals surface area contributed by atoms with Gasteiger partial charge in [0.1, 0.15) is 5.75 Å². The number of methoxy groups -OCH3 is 1. The van der Waals surface area contributed by atoms with E-state index in [9.17, 15) is 8.42 Å². The highest BCUT2D eigenvalue weighted by atomic mass is 79.9. The van der Waals surface area contributed by atoms with Crippen LogP contribution in [0.1, 0.15) is 12.0 Å². The van der Waals surface area contributed by atoms with Gasteiger partial charge in [-0.1, -0.05) is 6.07 Å². The van der Waals surface area contributed by atoms with Crippen molar-refractivity contribution in [3.05, 3.63) is 28.2 Å². The summed E-state index contributed by atoms with van der Waals surface area (Å²) in [4.78, 5) is 0. The van der Waals surface area contributed by atoms with Crippen LogP contribution in [0, 0.1) is 5.92 Å². The van der Waals surface area contributed by atoms with E-state index >= 15 is 0 Å². The number of hydrogen-bond acceptors (Lipinski definition) is 4. The molecule has 0 saturated carbocycles. The van der Waals surface area contributed by atoms with Crippen LogP contribution in [0.5, 0.6) is 5.75 Å². The Morgan fingerprint density at radius 1 is 1.50 bits per heavy atom. The van der Waals surface area contributed by atoms with E-state index in [1.807, 2.05) is 25.2 Å². The SMILES string of the molecule is CNC(Cc1ccc(OC)c(Br)c1)C1CCS(=O)(=O)C1. The molecule has 0 spiro atoms. The number of likely N-dealkylation sites (N-methyl/N-ethyl adjacent to an activating group) is 1. The lowest BCUT2D eigenvalue weighted by Crippen LogP contribution is -2.36. The molecule has 1 fully saturated rings. The Morgan fingerprint density at radius 3 is 2.75 bits per heavy atom. The minimum atomic E-state index is -2.83. The first-order valence-electron chi connectivity index (χ1n) is 6.65. The van der Waals surface area contributed by atoms with Gasteiger partial charge in [0.15, 0.2) is 9.84 Å². The Balaban J connectivity index is 2.09. The number of sulfone groups is 1. The normalized spacial score (nSPS) is 22.6. The van der Waals surface area contributed by atoms with Crippen LogP contribution in [0.15, 0.2) is 22.7 Å². The van der Waals surface area contributed by atoms with Gasteiger partial charge in [0, 0.05) is 6.04 Å². The molecule has 1 aliphatic rings. The summed E-state index contributed by atoms with van der Waals surface area (Å²) in [6.07, 6.45) is 1.57. The van der Waals surface area contributed by atoms with Gasteiger partial charge in [-0.3, -0.25) is 0 Å². The molecule has 1 aromatic carbocycles. The zero-order chi connectivity index (χ0) is 14.8. The molecule has 1 aromatic rings. The fourth-order valence-electron chi connectivity index (χ4n) is 2.74. The Morgan fingerprint density at radius 2 is 2.25 bits per heavy atom. The monoisotopic (exact) mass is 361 g/mol. The molecule has 20 heavy (non-hydrogen) atoms. The summed E-state index contributed by atoms with van der Waals surface area (Å²) in [5, 5.41) is 3.27. The smallest absolute Gasteiger partial charge is 0.150 e. The standard InChI is InChI=1S/C14H20BrNO3S/c1-16-13(11-5-6-20(17,18)9-11)8-10-3-4-14(19-2)12(15)7-10/h3-4,7,11,13,16H,5-6,8-9H2,1-2H3. The maximum absolute atomic E-state index is 11.6. The van der Waals surface area contributed by atoms with Crippen LogP contribution >= 0.6 is 15.9 Å². The molecule has 1 saturated heterocycles. The second kappa shape index (κ2) is 6.45. The zero-order valence-corrected chi connectivity index (χ0v) is 14.1. The molecule has 0 aliphatic carbocycles. The average molecular weight is 362 g/mol. The highest BCUT2D eigenvalue weighted by Crippen LogP contribution is 2.28. The Bertz CT molecular complexity index is 574. The van der Waals surface area contributed by atoms with Gasteiger partial charge >= 0.3 is 0 Å². The molecule has 2 atom stereocenters.